The Hall–Kier alpha value is -3.78. The Balaban J connectivity index is 1.69. The molecule has 8 nitrogen and oxygen atoms in total. The predicted molar refractivity (Wildman–Crippen MR) is 139 cm³/mol. The molecule has 0 fully saturated rings. The molecular formula is C28H32N4O4. The van der Waals surface area contributed by atoms with Crippen molar-refractivity contribution in [1.29, 1.82) is 0 Å². The molecule has 4 rings (SSSR count). The van der Waals surface area contributed by atoms with Gasteiger partial charge in [0.05, 0.1) is 17.8 Å². The third-order valence-electron chi connectivity index (χ3n) is 6.12. The molecule has 0 unspecified atom stereocenters. The van der Waals surface area contributed by atoms with Crippen molar-refractivity contribution in [2.24, 2.45) is 0 Å². The minimum absolute atomic E-state index is 0.0971. The largest absolute Gasteiger partial charge is 0.439 e. The lowest BCUT2D eigenvalue weighted by atomic mass is 9.96. The van der Waals surface area contributed by atoms with E-state index in [0.717, 1.165) is 47.2 Å². The number of aliphatic hydroxyl groups is 1. The Kier molecular flexibility index (Phi) is 7.35. The number of aryl methyl sites for hydroxylation is 2. The van der Waals surface area contributed by atoms with E-state index in [1.807, 2.05) is 55.5 Å². The molecular weight excluding hydrogens is 456 g/mol. The molecule has 0 amide bonds. The van der Waals surface area contributed by atoms with Gasteiger partial charge in [-0.05, 0) is 50.3 Å². The number of benzene rings is 2. The van der Waals surface area contributed by atoms with Crippen LogP contribution in [0.4, 0.5) is 0 Å². The fraction of sp³-hybridized carbons (Fsp3) is 0.357. The van der Waals surface area contributed by atoms with Gasteiger partial charge in [-0.3, -0.25) is 18.9 Å². The van der Waals surface area contributed by atoms with Crippen molar-refractivity contribution >= 4 is 0 Å². The van der Waals surface area contributed by atoms with E-state index >= 15 is 0 Å². The van der Waals surface area contributed by atoms with Gasteiger partial charge in [-0.15, -0.1) is 0 Å². The second-order valence-corrected chi connectivity index (χ2v) is 9.75. The summed E-state index contributed by atoms with van der Waals surface area (Å²) in [6.45, 7) is 7.50. The molecule has 8 heteroatoms. The molecule has 2 N–H and O–H groups in total. The van der Waals surface area contributed by atoms with E-state index in [2.05, 4.69) is 21.6 Å². The van der Waals surface area contributed by atoms with Crippen LogP contribution in [0.5, 0.6) is 0 Å². The second kappa shape index (κ2) is 10.5. The summed E-state index contributed by atoms with van der Waals surface area (Å²) in [4.78, 5) is 32.3. The van der Waals surface area contributed by atoms with Gasteiger partial charge in [0.25, 0.3) is 5.56 Å². The molecule has 0 bridgehead atoms. The van der Waals surface area contributed by atoms with E-state index < -0.39 is 11.4 Å². The maximum atomic E-state index is 13.5. The van der Waals surface area contributed by atoms with Gasteiger partial charge in [0.15, 0.2) is 5.82 Å². The van der Waals surface area contributed by atoms with Gasteiger partial charge in [-0.2, -0.15) is 0 Å². The quantitative estimate of drug-likeness (QED) is 0.364. The smallest absolute Gasteiger partial charge is 0.389 e. The average molecular weight is 489 g/mol. The molecule has 188 valence electrons. The number of hydrogen-bond donors (Lipinski definition) is 2. The van der Waals surface area contributed by atoms with E-state index in [1.165, 1.54) is 0 Å². The van der Waals surface area contributed by atoms with Gasteiger partial charge >= 0.3 is 5.76 Å². The summed E-state index contributed by atoms with van der Waals surface area (Å²) < 4.78 is 6.26. The maximum absolute atomic E-state index is 13.5. The molecule has 0 aliphatic carbocycles. The summed E-state index contributed by atoms with van der Waals surface area (Å²) in [5.74, 6) is 0.393. The third-order valence-corrected chi connectivity index (χ3v) is 6.12. The van der Waals surface area contributed by atoms with Crippen molar-refractivity contribution in [3.63, 3.8) is 0 Å². The van der Waals surface area contributed by atoms with Crippen molar-refractivity contribution in [2.75, 3.05) is 0 Å². The summed E-state index contributed by atoms with van der Waals surface area (Å²) in [5.41, 5.74) is 3.98. The topological polar surface area (TPSA) is 114 Å². The zero-order valence-electron chi connectivity index (χ0n) is 21.2. The Labute approximate surface area is 209 Å². The van der Waals surface area contributed by atoms with Gasteiger partial charge in [-0.25, -0.2) is 9.78 Å². The normalized spacial score (nSPS) is 11.7. The first-order chi connectivity index (χ1) is 17.2. The van der Waals surface area contributed by atoms with Crippen LogP contribution in [0.2, 0.25) is 0 Å². The van der Waals surface area contributed by atoms with E-state index in [9.17, 15) is 14.7 Å². The van der Waals surface area contributed by atoms with Crippen LogP contribution < -0.4 is 11.3 Å². The van der Waals surface area contributed by atoms with Gasteiger partial charge in [0.1, 0.15) is 5.82 Å². The summed E-state index contributed by atoms with van der Waals surface area (Å²) in [5, 5.41) is 14.2. The Morgan fingerprint density at radius 1 is 1.06 bits per heavy atom. The van der Waals surface area contributed by atoms with Crippen molar-refractivity contribution in [1.82, 2.24) is 19.7 Å². The molecule has 0 aliphatic heterocycles. The van der Waals surface area contributed by atoms with Crippen molar-refractivity contribution in [3.05, 3.63) is 92.1 Å². The first-order valence-corrected chi connectivity index (χ1v) is 12.2. The number of unbranched alkanes of at least 4 members (excludes halogenated alkanes) is 1. The first-order valence-electron chi connectivity index (χ1n) is 12.2. The number of H-pyrrole nitrogens is 1. The van der Waals surface area contributed by atoms with E-state index in [1.54, 1.807) is 18.4 Å². The van der Waals surface area contributed by atoms with Crippen LogP contribution in [0.25, 0.3) is 22.5 Å². The van der Waals surface area contributed by atoms with Crippen LogP contribution in [0, 0.1) is 6.92 Å². The lowest BCUT2D eigenvalue weighted by Gasteiger charge is -2.22. The molecule has 0 radical (unpaired) electrons. The van der Waals surface area contributed by atoms with E-state index in [0.29, 0.717) is 23.6 Å². The molecule has 0 saturated carbocycles. The summed E-state index contributed by atoms with van der Waals surface area (Å²) in [6.07, 6.45) is 3.16. The van der Waals surface area contributed by atoms with E-state index in [-0.39, 0.29) is 12.1 Å². The van der Waals surface area contributed by atoms with Crippen molar-refractivity contribution < 1.29 is 9.63 Å². The molecule has 0 saturated heterocycles. The van der Waals surface area contributed by atoms with Crippen LogP contribution in [0.3, 0.4) is 0 Å². The number of nitrogens with one attached hydrogen (secondary N) is 1. The Bertz CT molecular complexity index is 1460. The summed E-state index contributed by atoms with van der Waals surface area (Å²) >= 11 is 0. The van der Waals surface area contributed by atoms with Crippen molar-refractivity contribution in [2.45, 2.75) is 65.5 Å². The summed E-state index contributed by atoms with van der Waals surface area (Å²) in [6, 6.07) is 15.6. The van der Waals surface area contributed by atoms with Gasteiger partial charge in [0.2, 0.25) is 0 Å². The predicted octanol–water partition coefficient (Wildman–Crippen LogP) is 4.27. The van der Waals surface area contributed by atoms with Gasteiger partial charge < -0.3 is 5.11 Å². The highest BCUT2D eigenvalue weighted by atomic mass is 16.5. The number of aromatic amines is 1. The van der Waals surface area contributed by atoms with E-state index in [4.69, 9.17) is 4.98 Å². The maximum Gasteiger partial charge on any atom is 0.439 e. The lowest BCUT2D eigenvalue weighted by molar-refractivity contribution is 0.0592. The molecule has 4 aromatic rings. The van der Waals surface area contributed by atoms with Gasteiger partial charge in [0, 0.05) is 17.5 Å². The zero-order chi connectivity index (χ0) is 25.9. The molecule has 0 spiro atoms. The highest BCUT2D eigenvalue weighted by Crippen LogP contribution is 2.30. The molecule has 2 heterocycles. The number of aromatic nitrogens is 4. The fourth-order valence-corrected chi connectivity index (χ4v) is 4.35. The first kappa shape index (κ1) is 25.3. The highest BCUT2D eigenvalue weighted by molar-refractivity contribution is 5.80. The fourth-order valence-electron chi connectivity index (χ4n) is 4.35. The van der Waals surface area contributed by atoms with Crippen LogP contribution in [-0.2, 0) is 19.4 Å². The minimum atomic E-state index is -1.03. The van der Waals surface area contributed by atoms with Crippen molar-refractivity contribution in [3.8, 4) is 22.5 Å². The molecule has 2 aromatic carbocycles. The lowest BCUT2D eigenvalue weighted by Crippen LogP contribution is -2.37. The zero-order valence-corrected chi connectivity index (χ0v) is 21.2. The standard InChI is InChI=1S/C28H32N4O4/c1-5-6-11-24-23(26(33)32(18(2)29-24)17-28(3,4)35)16-19-12-14-20(15-13-19)21-9-7-8-10-22(21)25-30-27(34)36-31-25/h7-10,12-15,35H,5-6,11,16-17H2,1-4H3,(H,30,31,34). The number of nitrogens with zero attached hydrogens (tertiary/aromatic N) is 3. The molecule has 36 heavy (non-hydrogen) atoms. The van der Waals surface area contributed by atoms with Crippen LogP contribution in [0.1, 0.15) is 56.3 Å². The van der Waals surface area contributed by atoms with Crippen LogP contribution >= 0.6 is 0 Å². The Morgan fingerprint density at radius 3 is 2.36 bits per heavy atom. The average Bonchev–Trinajstić information content (AvgIpc) is 3.28. The van der Waals surface area contributed by atoms with Crippen LogP contribution in [0.15, 0.2) is 62.6 Å². The summed E-state index contributed by atoms with van der Waals surface area (Å²) in [7, 11) is 0. The molecule has 0 aliphatic rings. The minimum Gasteiger partial charge on any atom is -0.389 e. The van der Waals surface area contributed by atoms with Gasteiger partial charge in [-0.1, -0.05) is 67.0 Å². The SMILES string of the molecule is CCCCc1nc(C)n(CC(C)(C)O)c(=O)c1Cc1ccc(-c2ccccc2-c2noc(=O)[nH]2)cc1. The van der Waals surface area contributed by atoms with Crippen LogP contribution in [-0.4, -0.2) is 30.4 Å². The number of hydrogen-bond acceptors (Lipinski definition) is 6. The third kappa shape index (κ3) is 5.71. The molecule has 0 atom stereocenters. The number of rotatable bonds is 9. The Morgan fingerprint density at radius 2 is 1.75 bits per heavy atom. The monoisotopic (exact) mass is 488 g/mol. The highest BCUT2D eigenvalue weighted by Gasteiger charge is 2.20. The second-order valence-electron chi connectivity index (χ2n) is 9.75. The molecule has 2 aromatic heterocycles.